The van der Waals surface area contributed by atoms with Crippen LogP contribution in [0.15, 0.2) is 12.2 Å². The van der Waals surface area contributed by atoms with Gasteiger partial charge >= 0.3 is 0 Å². The number of aliphatic hydroxyl groups is 4. The highest BCUT2D eigenvalue weighted by molar-refractivity contribution is 5.82. The molecule has 0 aliphatic carbocycles. The van der Waals surface area contributed by atoms with Gasteiger partial charge in [-0.2, -0.15) is 0 Å². The molecule has 10 nitrogen and oxygen atoms in total. The molecule has 2 aliphatic heterocycles. The summed E-state index contributed by atoms with van der Waals surface area (Å²) in [5, 5.41) is 44.0. The third-order valence-electron chi connectivity index (χ3n) is 7.36. The summed E-state index contributed by atoms with van der Waals surface area (Å²) < 4.78 is 22.5. The first kappa shape index (κ1) is 28.1. The fraction of sp³-hybridized carbons (Fsp3) is 0.870. The summed E-state index contributed by atoms with van der Waals surface area (Å²) in [7, 11) is 2.81. The van der Waals surface area contributed by atoms with Crippen LogP contribution in [0.5, 0.6) is 0 Å². The van der Waals surface area contributed by atoms with Crippen molar-refractivity contribution < 1.29 is 44.2 Å². The molecule has 9 atom stereocenters. The molecule has 2 fully saturated rings. The maximum Gasteiger partial charge on any atom is 0.256 e. The SMILES string of the molecule is C=C1C[C@](OC)([C@H](O)C(=O)N[C@@H](O)[C@@H]2C[C@@H](O)C(C)(C)[C@@H](CC(CO)OC)O2)O[C@H](C)[C@@H]1C. The fourth-order valence-corrected chi connectivity index (χ4v) is 4.41. The highest BCUT2D eigenvalue weighted by Crippen LogP contribution is 2.40. The van der Waals surface area contributed by atoms with Crippen LogP contribution >= 0.6 is 0 Å². The molecule has 10 heteroatoms. The molecule has 5 N–H and O–H groups in total. The molecule has 0 radical (unpaired) electrons. The second-order valence-corrected chi connectivity index (χ2v) is 9.83. The van der Waals surface area contributed by atoms with Gasteiger partial charge in [-0.25, -0.2) is 0 Å². The molecule has 2 heterocycles. The quantitative estimate of drug-likeness (QED) is 0.231. The van der Waals surface area contributed by atoms with E-state index in [1.807, 2.05) is 20.8 Å². The second kappa shape index (κ2) is 11.1. The number of nitrogens with one attached hydrogen (secondary N) is 1. The molecule has 0 spiro atoms. The first-order valence-electron chi connectivity index (χ1n) is 11.4. The van der Waals surface area contributed by atoms with Gasteiger partial charge in [-0.05, 0) is 6.92 Å². The van der Waals surface area contributed by atoms with E-state index in [1.54, 1.807) is 6.92 Å². The first-order valence-corrected chi connectivity index (χ1v) is 11.4. The van der Waals surface area contributed by atoms with Crippen LogP contribution < -0.4 is 5.32 Å². The van der Waals surface area contributed by atoms with Gasteiger partial charge in [0, 0.05) is 44.8 Å². The Hall–Kier alpha value is -1.11. The summed E-state index contributed by atoms with van der Waals surface area (Å²) in [6.45, 7) is 11.2. The van der Waals surface area contributed by atoms with Crippen LogP contribution in [0.2, 0.25) is 0 Å². The number of carbonyl (C=O) groups is 1. The largest absolute Gasteiger partial charge is 0.394 e. The van der Waals surface area contributed by atoms with Crippen molar-refractivity contribution in [2.75, 3.05) is 20.8 Å². The van der Waals surface area contributed by atoms with E-state index < -0.39 is 53.9 Å². The standard InChI is InChI=1S/C23H41NO9/c1-12-10-23(31-7,33-14(3)13(12)2)19(27)21(29)24-20(28)16-9-17(26)22(4,5)18(32-16)8-15(11-25)30-6/h13-20,25-28H,1,8-11H2,2-7H3,(H,24,29)/t13-,14-,15?,16+,17-,18-,19-,20+,23-/m1/s1. The number of aliphatic hydroxyl groups excluding tert-OH is 4. The lowest BCUT2D eigenvalue weighted by Gasteiger charge is -2.48. The highest BCUT2D eigenvalue weighted by Gasteiger charge is 2.51. The van der Waals surface area contributed by atoms with Crippen LogP contribution in [0.4, 0.5) is 0 Å². The predicted octanol–water partition coefficient (Wildman–Crippen LogP) is 0.0677. The van der Waals surface area contributed by atoms with E-state index >= 15 is 0 Å². The van der Waals surface area contributed by atoms with Gasteiger partial charge in [-0.15, -0.1) is 0 Å². The van der Waals surface area contributed by atoms with Crippen molar-refractivity contribution in [3.63, 3.8) is 0 Å². The number of hydrogen-bond donors (Lipinski definition) is 5. The average molecular weight is 476 g/mol. The van der Waals surface area contributed by atoms with E-state index in [2.05, 4.69) is 11.9 Å². The average Bonchev–Trinajstić information content (AvgIpc) is 2.77. The van der Waals surface area contributed by atoms with Crippen LogP contribution in [0.25, 0.3) is 0 Å². The zero-order chi connectivity index (χ0) is 25.1. The zero-order valence-electron chi connectivity index (χ0n) is 20.5. The highest BCUT2D eigenvalue weighted by atomic mass is 16.7. The molecule has 192 valence electrons. The Morgan fingerprint density at radius 3 is 2.45 bits per heavy atom. The van der Waals surface area contributed by atoms with Crippen LogP contribution in [0.3, 0.4) is 0 Å². The van der Waals surface area contributed by atoms with E-state index in [0.717, 1.165) is 5.57 Å². The van der Waals surface area contributed by atoms with Crippen LogP contribution in [-0.4, -0.2) is 95.8 Å². The van der Waals surface area contributed by atoms with Gasteiger partial charge in [0.05, 0.1) is 31.0 Å². The van der Waals surface area contributed by atoms with Gasteiger partial charge < -0.3 is 44.7 Å². The van der Waals surface area contributed by atoms with E-state index in [4.69, 9.17) is 18.9 Å². The van der Waals surface area contributed by atoms with E-state index in [0.29, 0.717) is 0 Å². The van der Waals surface area contributed by atoms with Crippen molar-refractivity contribution in [3.8, 4) is 0 Å². The molecule has 0 aromatic heterocycles. The fourth-order valence-electron chi connectivity index (χ4n) is 4.41. The minimum absolute atomic E-state index is 0.0291. The lowest BCUT2D eigenvalue weighted by molar-refractivity contribution is -0.298. The number of ether oxygens (including phenoxy) is 4. The van der Waals surface area contributed by atoms with E-state index in [9.17, 15) is 25.2 Å². The molecular formula is C23H41NO9. The van der Waals surface area contributed by atoms with Gasteiger partial charge in [-0.3, -0.25) is 4.79 Å². The lowest BCUT2D eigenvalue weighted by Crippen LogP contribution is -2.62. The number of amides is 1. The molecule has 2 aliphatic rings. The second-order valence-electron chi connectivity index (χ2n) is 9.83. The maximum absolute atomic E-state index is 12.8. The number of carbonyl (C=O) groups excluding carboxylic acids is 1. The van der Waals surface area contributed by atoms with E-state index in [-0.39, 0.29) is 37.9 Å². The van der Waals surface area contributed by atoms with Gasteiger partial charge in [0.25, 0.3) is 5.91 Å². The Bertz CT molecular complexity index is 683. The van der Waals surface area contributed by atoms with Gasteiger partial charge in [0.2, 0.25) is 5.79 Å². The number of rotatable bonds is 9. The van der Waals surface area contributed by atoms with Crippen LogP contribution in [-0.2, 0) is 23.7 Å². The molecule has 2 saturated heterocycles. The lowest BCUT2D eigenvalue weighted by atomic mass is 9.74. The molecule has 33 heavy (non-hydrogen) atoms. The topological polar surface area (TPSA) is 147 Å². The monoisotopic (exact) mass is 475 g/mol. The zero-order valence-corrected chi connectivity index (χ0v) is 20.5. The van der Waals surface area contributed by atoms with Crippen molar-refractivity contribution in [1.29, 1.82) is 0 Å². The van der Waals surface area contributed by atoms with E-state index in [1.165, 1.54) is 14.2 Å². The van der Waals surface area contributed by atoms with Crippen molar-refractivity contribution in [2.24, 2.45) is 11.3 Å². The molecule has 1 amide bonds. The third kappa shape index (κ3) is 5.94. The van der Waals surface area contributed by atoms with Gasteiger partial charge in [0.1, 0.15) is 6.10 Å². The maximum atomic E-state index is 12.8. The van der Waals surface area contributed by atoms with Crippen molar-refractivity contribution in [3.05, 3.63) is 12.2 Å². The third-order valence-corrected chi connectivity index (χ3v) is 7.36. The van der Waals surface area contributed by atoms with Gasteiger partial charge in [-0.1, -0.05) is 32.9 Å². The molecule has 0 saturated carbocycles. The van der Waals surface area contributed by atoms with Crippen LogP contribution in [0.1, 0.15) is 47.0 Å². The Kier molecular flexibility index (Phi) is 9.45. The Morgan fingerprint density at radius 2 is 1.94 bits per heavy atom. The Labute approximate surface area is 195 Å². The van der Waals surface area contributed by atoms with Crippen molar-refractivity contribution in [2.45, 2.75) is 95.6 Å². The molecule has 0 aromatic carbocycles. The molecule has 2 rings (SSSR count). The molecule has 1 unspecified atom stereocenters. The molecule has 0 aromatic rings. The first-order chi connectivity index (χ1) is 15.3. The Balaban J connectivity index is 2.10. The molecule has 0 bridgehead atoms. The number of hydrogen-bond acceptors (Lipinski definition) is 9. The minimum atomic E-state index is -1.74. The smallest absolute Gasteiger partial charge is 0.256 e. The normalized spacial score (nSPS) is 37.3. The van der Waals surface area contributed by atoms with Crippen LogP contribution in [0, 0.1) is 11.3 Å². The summed E-state index contributed by atoms with van der Waals surface area (Å²) >= 11 is 0. The van der Waals surface area contributed by atoms with Crippen molar-refractivity contribution in [1.82, 2.24) is 5.32 Å². The minimum Gasteiger partial charge on any atom is -0.394 e. The van der Waals surface area contributed by atoms with Crippen molar-refractivity contribution >= 4 is 5.91 Å². The summed E-state index contributed by atoms with van der Waals surface area (Å²) in [5.41, 5.74) is 0.109. The predicted molar refractivity (Wildman–Crippen MR) is 119 cm³/mol. The number of methoxy groups -OCH3 is 2. The Morgan fingerprint density at radius 1 is 1.30 bits per heavy atom. The summed E-state index contributed by atoms with van der Waals surface area (Å²) in [6.07, 6.45) is -5.95. The van der Waals surface area contributed by atoms with Gasteiger partial charge in [0.15, 0.2) is 12.3 Å². The summed E-state index contributed by atoms with van der Waals surface area (Å²) in [6, 6.07) is 0. The summed E-state index contributed by atoms with van der Waals surface area (Å²) in [5.74, 6) is -2.50. The summed E-state index contributed by atoms with van der Waals surface area (Å²) in [4.78, 5) is 12.8. The molecular weight excluding hydrogens is 434 g/mol.